The van der Waals surface area contributed by atoms with Crippen molar-refractivity contribution in [3.63, 3.8) is 0 Å². The van der Waals surface area contributed by atoms with E-state index in [4.69, 9.17) is 0 Å². The standard InChI is InChI=1S/C23H25F3N2O2/c1-28-15-16-11-13-22(28,14-12-16)20(17-7-3-2-4-8-17)27-21(29)18-9-5-6-10-19(18)30-23(24,25)26/h2-10,16,20H,11-15H2,1H3,(H,27,29). The van der Waals surface area contributed by atoms with E-state index in [9.17, 15) is 18.0 Å². The number of piperidine rings is 2. The Balaban J connectivity index is 1.68. The number of likely N-dealkylation sites (N-methyl/N-ethyl adjacent to an activating group) is 1. The summed E-state index contributed by atoms with van der Waals surface area (Å²) in [5.74, 6) is -0.392. The largest absolute Gasteiger partial charge is 0.573 e. The fraction of sp³-hybridized carbons (Fsp3) is 0.435. The Morgan fingerprint density at radius 2 is 1.73 bits per heavy atom. The number of rotatable bonds is 5. The van der Waals surface area contributed by atoms with Crippen molar-refractivity contribution in [2.24, 2.45) is 5.92 Å². The smallest absolute Gasteiger partial charge is 0.405 e. The number of carbonyl (C=O) groups is 1. The molecule has 1 amide bonds. The monoisotopic (exact) mass is 418 g/mol. The molecule has 2 saturated heterocycles. The maximum atomic E-state index is 13.2. The third-order valence-corrected chi connectivity index (χ3v) is 6.57. The highest BCUT2D eigenvalue weighted by Crippen LogP contribution is 2.49. The molecule has 3 aliphatic rings. The molecule has 4 nitrogen and oxygen atoms in total. The van der Waals surface area contributed by atoms with Crippen LogP contribution in [0, 0.1) is 5.92 Å². The predicted molar refractivity (Wildman–Crippen MR) is 107 cm³/mol. The summed E-state index contributed by atoms with van der Waals surface area (Å²) >= 11 is 0. The zero-order valence-corrected chi connectivity index (χ0v) is 16.8. The van der Waals surface area contributed by atoms with Crippen LogP contribution in [0.2, 0.25) is 0 Å². The zero-order chi connectivity index (χ0) is 21.4. The minimum absolute atomic E-state index is 0.126. The number of nitrogens with zero attached hydrogens (tertiary/aromatic N) is 1. The van der Waals surface area contributed by atoms with Crippen LogP contribution in [0.3, 0.4) is 0 Å². The second-order valence-corrected chi connectivity index (χ2v) is 8.29. The first-order chi connectivity index (χ1) is 14.3. The fourth-order valence-electron chi connectivity index (χ4n) is 5.07. The Bertz CT molecular complexity index is 893. The van der Waals surface area contributed by atoms with Crippen LogP contribution < -0.4 is 10.1 Å². The Labute approximate surface area is 174 Å². The van der Waals surface area contributed by atoms with Gasteiger partial charge in [0.25, 0.3) is 5.91 Å². The topological polar surface area (TPSA) is 41.6 Å². The summed E-state index contributed by atoms with van der Waals surface area (Å²) in [6.07, 6.45) is -0.798. The van der Waals surface area contributed by atoms with Gasteiger partial charge in [-0.1, -0.05) is 42.5 Å². The lowest BCUT2D eigenvalue weighted by Gasteiger charge is -2.57. The molecule has 2 aliphatic heterocycles. The van der Waals surface area contributed by atoms with E-state index in [-0.39, 0.29) is 17.1 Å². The highest BCUT2D eigenvalue weighted by molar-refractivity contribution is 5.97. The maximum absolute atomic E-state index is 13.2. The molecule has 30 heavy (non-hydrogen) atoms. The molecule has 2 aromatic carbocycles. The maximum Gasteiger partial charge on any atom is 0.573 e. The molecule has 1 unspecified atom stereocenters. The van der Waals surface area contributed by atoms with Gasteiger partial charge in [0.2, 0.25) is 0 Å². The molecular formula is C23H25F3N2O2. The summed E-state index contributed by atoms with van der Waals surface area (Å²) in [7, 11) is 2.08. The lowest BCUT2D eigenvalue weighted by molar-refractivity contribution is -0.274. The van der Waals surface area contributed by atoms with Crippen LogP contribution in [-0.2, 0) is 0 Å². The summed E-state index contributed by atoms with van der Waals surface area (Å²) in [4.78, 5) is 15.5. The first-order valence-electron chi connectivity index (χ1n) is 10.2. The summed E-state index contributed by atoms with van der Waals surface area (Å²) in [5.41, 5.74) is 0.567. The molecular weight excluding hydrogens is 393 g/mol. The summed E-state index contributed by atoms with van der Waals surface area (Å²) in [5, 5.41) is 3.06. The van der Waals surface area contributed by atoms with E-state index < -0.39 is 18.0 Å². The molecule has 1 N–H and O–H groups in total. The molecule has 2 heterocycles. The number of hydrogen-bond acceptors (Lipinski definition) is 3. The Kier molecular flexibility index (Phi) is 5.49. The van der Waals surface area contributed by atoms with Crippen LogP contribution >= 0.6 is 0 Å². The van der Waals surface area contributed by atoms with Gasteiger partial charge >= 0.3 is 6.36 Å². The second-order valence-electron chi connectivity index (χ2n) is 8.29. The number of alkyl halides is 3. The molecule has 5 rings (SSSR count). The van der Waals surface area contributed by atoms with Crippen LogP contribution in [0.4, 0.5) is 13.2 Å². The molecule has 3 fully saturated rings. The molecule has 0 aromatic heterocycles. The van der Waals surface area contributed by atoms with E-state index in [0.717, 1.165) is 43.9 Å². The number of amides is 1. The van der Waals surface area contributed by atoms with Crippen molar-refractivity contribution in [3.05, 3.63) is 65.7 Å². The van der Waals surface area contributed by atoms with E-state index in [0.29, 0.717) is 5.92 Å². The molecule has 2 aromatic rings. The number of ether oxygens (including phenoxy) is 1. The van der Waals surface area contributed by atoms with Crippen LogP contribution in [0.25, 0.3) is 0 Å². The van der Waals surface area contributed by atoms with Crippen LogP contribution in [-0.4, -0.2) is 36.3 Å². The van der Waals surface area contributed by atoms with Gasteiger partial charge in [0.15, 0.2) is 0 Å². The van der Waals surface area contributed by atoms with Crippen molar-refractivity contribution >= 4 is 5.91 Å². The van der Waals surface area contributed by atoms with Gasteiger partial charge in [0, 0.05) is 12.1 Å². The van der Waals surface area contributed by atoms with Gasteiger partial charge in [-0.25, -0.2) is 0 Å². The average molecular weight is 418 g/mol. The molecule has 160 valence electrons. The molecule has 0 radical (unpaired) electrons. The van der Waals surface area contributed by atoms with Crippen molar-refractivity contribution < 1.29 is 22.7 Å². The van der Waals surface area contributed by atoms with E-state index in [2.05, 4.69) is 22.0 Å². The average Bonchev–Trinajstić information content (AvgIpc) is 2.72. The molecule has 1 aliphatic carbocycles. The van der Waals surface area contributed by atoms with Gasteiger partial charge in [0.1, 0.15) is 5.75 Å². The number of carbonyl (C=O) groups excluding carboxylic acids is 1. The first-order valence-corrected chi connectivity index (χ1v) is 10.2. The van der Waals surface area contributed by atoms with Gasteiger partial charge < -0.3 is 10.1 Å². The molecule has 2 bridgehead atoms. The Morgan fingerprint density at radius 1 is 1.10 bits per heavy atom. The molecule has 1 saturated carbocycles. The number of halogens is 3. The van der Waals surface area contributed by atoms with Gasteiger partial charge in [0.05, 0.1) is 11.6 Å². The SMILES string of the molecule is CN1CC2CCC1(C(NC(=O)c1ccccc1OC(F)(F)F)c1ccccc1)CC2. The number of nitrogens with one attached hydrogen (secondary N) is 1. The van der Waals surface area contributed by atoms with Gasteiger partial charge in [-0.3, -0.25) is 9.69 Å². The van der Waals surface area contributed by atoms with Crippen LogP contribution in [0.1, 0.15) is 47.6 Å². The predicted octanol–water partition coefficient (Wildman–Crippen LogP) is 4.93. The van der Waals surface area contributed by atoms with Crippen molar-refractivity contribution in [1.82, 2.24) is 10.2 Å². The summed E-state index contributed by atoms with van der Waals surface area (Å²) in [6, 6.07) is 14.8. The number of benzene rings is 2. The van der Waals surface area contributed by atoms with Crippen molar-refractivity contribution in [2.45, 2.75) is 43.6 Å². The minimum Gasteiger partial charge on any atom is -0.405 e. The zero-order valence-electron chi connectivity index (χ0n) is 16.8. The van der Waals surface area contributed by atoms with Crippen molar-refractivity contribution in [2.75, 3.05) is 13.6 Å². The van der Waals surface area contributed by atoms with E-state index in [1.54, 1.807) is 0 Å². The Morgan fingerprint density at radius 3 is 2.37 bits per heavy atom. The Hall–Kier alpha value is -2.54. The number of fused-ring (bicyclic) bond motifs is 3. The van der Waals surface area contributed by atoms with Crippen molar-refractivity contribution in [1.29, 1.82) is 0 Å². The fourth-order valence-corrected chi connectivity index (χ4v) is 5.07. The van der Waals surface area contributed by atoms with Gasteiger partial charge in [-0.15, -0.1) is 13.2 Å². The first kappa shape index (κ1) is 20.7. The molecule has 1 atom stereocenters. The number of hydrogen-bond donors (Lipinski definition) is 1. The summed E-state index contributed by atoms with van der Waals surface area (Å²) < 4.78 is 42.5. The molecule has 0 spiro atoms. The highest BCUT2D eigenvalue weighted by atomic mass is 19.4. The molecule has 7 heteroatoms. The van der Waals surface area contributed by atoms with Gasteiger partial charge in [-0.05, 0) is 56.3 Å². The lowest BCUT2D eigenvalue weighted by Crippen LogP contribution is -2.62. The van der Waals surface area contributed by atoms with Crippen molar-refractivity contribution in [3.8, 4) is 5.75 Å². The summed E-state index contributed by atoms with van der Waals surface area (Å²) in [6.45, 7) is 0.965. The quantitative estimate of drug-likeness (QED) is 0.749. The third-order valence-electron chi connectivity index (χ3n) is 6.57. The second kappa shape index (κ2) is 7.95. The number of para-hydroxylation sites is 1. The minimum atomic E-state index is -4.87. The normalized spacial score (nSPS) is 25.0. The third kappa shape index (κ3) is 4.03. The van der Waals surface area contributed by atoms with Crippen LogP contribution in [0.5, 0.6) is 5.75 Å². The van der Waals surface area contributed by atoms with Gasteiger partial charge in [-0.2, -0.15) is 0 Å². The van der Waals surface area contributed by atoms with E-state index in [1.165, 1.54) is 18.2 Å². The van der Waals surface area contributed by atoms with E-state index in [1.807, 2.05) is 30.3 Å². The van der Waals surface area contributed by atoms with E-state index >= 15 is 0 Å². The van der Waals surface area contributed by atoms with Crippen LogP contribution in [0.15, 0.2) is 54.6 Å². The lowest BCUT2D eigenvalue weighted by atomic mass is 9.66. The highest BCUT2D eigenvalue weighted by Gasteiger charge is 2.50.